The molecule has 0 aromatic heterocycles. The SMILES string of the molecule is O=C(NO)c1cc(Br)c(F)c(F)c1Nc1ccc(I)cc1Cl. The summed E-state index contributed by atoms with van der Waals surface area (Å²) in [5.41, 5.74) is 0.945. The summed E-state index contributed by atoms with van der Waals surface area (Å²) in [5, 5.41) is 11.6. The number of benzene rings is 2. The van der Waals surface area contributed by atoms with Crippen molar-refractivity contribution in [1.82, 2.24) is 5.48 Å². The number of rotatable bonds is 3. The highest BCUT2D eigenvalue weighted by Crippen LogP contribution is 2.33. The van der Waals surface area contributed by atoms with E-state index in [9.17, 15) is 13.6 Å². The molecule has 0 heterocycles. The van der Waals surface area contributed by atoms with Gasteiger partial charge in [0.25, 0.3) is 5.91 Å². The molecule has 3 N–H and O–H groups in total. The van der Waals surface area contributed by atoms with E-state index in [4.69, 9.17) is 16.8 Å². The van der Waals surface area contributed by atoms with Crippen LogP contribution in [0, 0.1) is 15.2 Å². The summed E-state index contributed by atoms with van der Waals surface area (Å²) >= 11 is 10.9. The van der Waals surface area contributed by atoms with Gasteiger partial charge in [-0.05, 0) is 62.8 Å². The van der Waals surface area contributed by atoms with Gasteiger partial charge in [-0.3, -0.25) is 10.0 Å². The van der Waals surface area contributed by atoms with Crippen LogP contribution >= 0.6 is 50.1 Å². The second kappa shape index (κ2) is 7.07. The summed E-state index contributed by atoms with van der Waals surface area (Å²) in [6, 6.07) is 5.92. The lowest BCUT2D eigenvalue weighted by Crippen LogP contribution is -2.21. The van der Waals surface area contributed by atoms with Crippen LogP contribution < -0.4 is 10.8 Å². The number of hydrogen-bond acceptors (Lipinski definition) is 3. The number of nitrogens with one attached hydrogen (secondary N) is 2. The van der Waals surface area contributed by atoms with Crippen LogP contribution in [-0.4, -0.2) is 11.1 Å². The molecule has 0 fully saturated rings. The Morgan fingerprint density at radius 1 is 1.27 bits per heavy atom. The van der Waals surface area contributed by atoms with Crippen molar-refractivity contribution < 1.29 is 18.8 Å². The van der Waals surface area contributed by atoms with E-state index >= 15 is 0 Å². The molecule has 0 aliphatic heterocycles. The van der Waals surface area contributed by atoms with Gasteiger partial charge in [0, 0.05) is 3.57 Å². The fraction of sp³-hybridized carbons (Fsp3) is 0. The van der Waals surface area contributed by atoms with Crippen molar-refractivity contribution in [1.29, 1.82) is 0 Å². The predicted octanol–water partition coefficient (Wildman–Crippen LogP) is 4.85. The van der Waals surface area contributed by atoms with E-state index in [0.29, 0.717) is 0 Å². The van der Waals surface area contributed by atoms with E-state index < -0.39 is 23.2 Å². The predicted molar refractivity (Wildman–Crippen MR) is 90.8 cm³/mol. The van der Waals surface area contributed by atoms with Gasteiger partial charge in [-0.25, -0.2) is 14.3 Å². The minimum atomic E-state index is -1.28. The number of carbonyl (C=O) groups excluding carboxylic acids is 1. The van der Waals surface area contributed by atoms with E-state index in [1.807, 2.05) is 22.6 Å². The lowest BCUT2D eigenvalue weighted by Gasteiger charge is -2.14. The molecule has 0 saturated heterocycles. The normalized spacial score (nSPS) is 10.5. The molecule has 0 saturated carbocycles. The van der Waals surface area contributed by atoms with Crippen molar-refractivity contribution in [2.75, 3.05) is 5.32 Å². The van der Waals surface area contributed by atoms with Crippen LogP contribution in [-0.2, 0) is 0 Å². The Kier molecular flexibility index (Phi) is 5.59. The first kappa shape index (κ1) is 17.4. The summed E-state index contributed by atoms with van der Waals surface area (Å²) in [6.07, 6.45) is 0. The number of anilines is 2. The van der Waals surface area contributed by atoms with Gasteiger partial charge in [0.15, 0.2) is 11.6 Å². The Morgan fingerprint density at radius 3 is 2.55 bits per heavy atom. The maximum atomic E-state index is 14.1. The van der Waals surface area contributed by atoms with E-state index in [2.05, 4.69) is 21.2 Å². The van der Waals surface area contributed by atoms with Gasteiger partial charge in [0.2, 0.25) is 0 Å². The van der Waals surface area contributed by atoms with Crippen LogP contribution in [0.5, 0.6) is 0 Å². The Morgan fingerprint density at radius 2 is 1.95 bits per heavy atom. The molecule has 22 heavy (non-hydrogen) atoms. The van der Waals surface area contributed by atoms with Crippen LogP contribution in [0.3, 0.4) is 0 Å². The van der Waals surface area contributed by atoms with Crippen molar-refractivity contribution in [2.45, 2.75) is 0 Å². The molecule has 0 bridgehead atoms. The fourth-order valence-corrected chi connectivity index (χ4v) is 2.99. The van der Waals surface area contributed by atoms with Crippen molar-refractivity contribution in [3.05, 3.63) is 54.5 Å². The molecule has 0 spiro atoms. The second-order valence-electron chi connectivity index (χ2n) is 4.10. The largest absolute Gasteiger partial charge is 0.351 e. The summed E-state index contributed by atoms with van der Waals surface area (Å²) < 4.78 is 28.5. The standard InChI is InChI=1S/C13H7BrClF2IN2O2/c14-7-4-6(13(21)20-22)12(11(17)10(7)16)19-9-2-1-5(18)3-8(9)15/h1-4,19,22H,(H,20,21). The van der Waals surface area contributed by atoms with Crippen molar-refractivity contribution in [3.63, 3.8) is 0 Å². The van der Waals surface area contributed by atoms with Crippen LogP contribution in [0.1, 0.15) is 10.4 Å². The number of halogens is 5. The first-order valence-corrected chi connectivity index (χ1v) is 7.94. The number of hydrogen-bond donors (Lipinski definition) is 3. The Bertz CT molecular complexity index is 761. The van der Waals surface area contributed by atoms with Gasteiger partial charge in [0.05, 0.1) is 26.4 Å². The maximum Gasteiger partial charge on any atom is 0.276 e. The summed E-state index contributed by atoms with van der Waals surface area (Å²) in [4.78, 5) is 11.6. The molecule has 2 aromatic rings. The third kappa shape index (κ3) is 3.50. The van der Waals surface area contributed by atoms with E-state index in [-0.39, 0.29) is 20.7 Å². The monoisotopic (exact) mass is 502 g/mol. The van der Waals surface area contributed by atoms with Gasteiger partial charge < -0.3 is 5.32 Å². The summed E-state index contributed by atoms with van der Waals surface area (Å²) in [5.74, 6) is -3.44. The van der Waals surface area contributed by atoms with E-state index in [1.165, 1.54) is 5.48 Å². The molecule has 1 amide bonds. The minimum Gasteiger partial charge on any atom is -0.351 e. The van der Waals surface area contributed by atoms with Crippen molar-refractivity contribution in [2.24, 2.45) is 0 Å². The van der Waals surface area contributed by atoms with Crippen LogP contribution in [0.4, 0.5) is 20.2 Å². The highest BCUT2D eigenvalue weighted by atomic mass is 127. The fourth-order valence-electron chi connectivity index (χ4n) is 1.68. The highest BCUT2D eigenvalue weighted by Gasteiger charge is 2.22. The van der Waals surface area contributed by atoms with Gasteiger partial charge in [-0.1, -0.05) is 11.6 Å². The second-order valence-corrected chi connectivity index (χ2v) is 6.61. The zero-order chi connectivity index (χ0) is 16.4. The van der Waals surface area contributed by atoms with E-state index in [0.717, 1.165) is 9.64 Å². The molecular weight excluding hydrogens is 496 g/mol. The molecule has 4 nitrogen and oxygen atoms in total. The molecule has 9 heteroatoms. The molecule has 116 valence electrons. The molecule has 0 aliphatic rings. The maximum absolute atomic E-state index is 14.1. The molecule has 0 atom stereocenters. The molecule has 0 unspecified atom stereocenters. The Balaban J connectivity index is 2.58. The van der Waals surface area contributed by atoms with Gasteiger partial charge >= 0.3 is 0 Å². The highest BCUT2D eigenvalue weighted by molar-refractivity contribution is 14.1. The molecule has 2 rings (SSSR count). The lowest BCUT2D eigenvalue weighted by atomic mass is 10.1. The van der Waals surface area contributed by atoms with Crippen LogP contribution in [0.2, 0.25) is 5.02 Å². The minimum absolute atomic E-state index is 0.247. The Labute approximate surface area is 151 Å². The topological polar surface area (TPSA) is 61.4 Å². The first-order valence-electron chi connectivity index (χ1n) is 5.69. The molecular formula is C13H7BrClF2IN2O2. The van der Waals surface area contributed by atoms with Gasteiger partial charge in [0.1, 0.15) is 0 Å². The molecule has 0 radical (unpaired) electrons. The number of carbonyl (C=O) groups is 1. The smallest absolute Gasteiger partial charge is 0.276 e. The third-order valence-corrected chi connectivity index (χ3v) is 4.26. The van der Waals surface area contributed by atoms with Gasteiger partial charge in [-0.15, -0.1) is 0 Å². The number of amides is 1. The van der Waals surface area contributed by atoms with Crippen molar-refractivity contribution in [3.8, 4) is 0 Å². The first-order chi connectivity index (χ1) is 10.3. The van der Waals surface area contributed by atoms with Gasteiger partial charge in [-0.2, -0.15) is 0 Å². The molecule has 2 aromatic carbocycles. The van der Waals surface area contributed by atoms with Crippen molar-refractivity contribution >= 4 is 67.4 Å². The average Bonchev–Trinajstić information content (AvgIpc) is 2.49. The number of hydroxylamine groups is 1. The van der Waals surface area contributed by atoms with Crippen LogP contribution in [0.15, 0.2) is 28.7 Å². The van der Waals surface area contributed by atoms with E-state index in [1.54, 1.807) is 18.2 Å². The third-order valence-electron chi connectivity index (χ3n) is 2.70. The zero-order valence-corrected chi connectivity index (χ0v) is 15.1. The quantitative estimate of drug-likeness (QED) is 0.243. The Hall–Kier alpha value is -0.970. The summed E-state index contributed by atoms with van der Waals surface area (Å²) in [7, 11) is 0. The molecule has 0 aliphatic carbocycles. The zero-order valence-electron chi connectivity index (χ0n) is 10.6. The van der Waals surface area contributed by atoms with Crippen LogP contribution in [0.25, 0.3) is 0 Å². The summed E-state index contributed by atoms with van der Waals surface area (Å²) in [6.45, 7) is 0. The average molecular weight is 503 g/mol. The lowest BCUT2D eigenvalue weighted by molar-refractivity contribution is 0.0706.